The van der Waals surface area contributed by atoms with Gasteiger partial charge in [-0.05, 0) is 24.7 Å². The molecule has 1 fully saturated rings. The highest BCUT2D eigenvalue weighted by molar-refractivity contribution is 6.17. The average Bonchev–Trinajstić information content (AvgIpc) is 2.64. The summed E-state index contributed by atoms with van der Waals surface area (Å²) in [5.41, 5.74) is 0.424. The van der Waals surface area contributed by atoms with Crippen molar-refractivity contribution in [2.45, 2.75) is 39.5 Å². The highest BCUT2D eigenvalue weighted by Gasteiger charge is 2.25. The molecule has 0 unspecified atom stereocenters. The van der Waals surface area contributed by atoms with E-state index in [2.05, 4.69) is 28.9 Å². The van der Waals surface area contributed by atoms with Gasteiger partial charge in [0, 0.05) is 25.4 Å². The van der Waals surface area contributed by atoms with Crippen LogP contribution in [0.4, 0.5) is 6.01 Å². The molecule has 1 saturated heterocycles. The van der Waals surface area contributed by atoms with Crippen LogP contribution in [-0.2, 0) is 6.42 Å². The van der Waals surface area contributed by atoms with Crippen LogP contribution in [0.25, 0.3) is 0 Å². The van der Waals surface area contributed by atoms with Crippen molar-refractivity contribution in [3.8, 4) is 0 Å². The fourth-order valence-electron chi connectivity index (χ4n) is 2.17. The quantitative estimate of drug-likeness (QED) is 0.781. The molecule has 0 N–H and O–H groups in total. The van der Waals surface area contributed by atoms with Crippen molar-refractivity contribution in [3.05, 3.63) is 5.89 Å². The predicted octanol–water partition coefficient (Wildman–Crippen LogP) is 2.87. The first kappa shape index (κ1) is 12.7. The molecule has 0 spiro atoms. The van der Waals surface area contributed by atoms with Crippen LogP contribution in [0.3, 0.4) is 0 Å². The van der Waals surface area contributed by atoms with E-state index in [1.807, 2.05) is 0 Å². The topological polar surface area (TPSA) is 42.2 Å². The fraction of sp³-hybridized carbons (Fsp3) is 0.833. The zero-order chi connectivity index (χ0) is 12.3. The maximum atomic E-state index is 5.65. The fourth-order valence-corrected chi connectivity index (χ4v) is 2.33. The van der Waals surface area contributed by atoms with Crippen molar-refractivity contribution in [1.29, 1.82) is 0 Å². The number of aryl methyl sites for hydroxylation is 1. The van der Waals surface area contributed by atoms with E-state index in [1.54, 1.807) is 0 Å². The molecule has 1 aromatic rings. The van der Waals surface area contributed by atoms with Gasteiger partial charge in [0.15, 0.2) is 0 Å². The summed E-state index contributed by atoms with van der Waals surface area (Å²) >= 11 is 5.65. The molecule has 2 heterocycles. The molecule has 2 rings (SSSR count). The maximum absolute atomic E-state index is 5.65. The minimum atomic E-state index is 0.424. The summed E-state index contributed by atoms with van der Waals surface area (Å²) in [6.45, 7) is 6.65. The van der Waals surface area contributed by atoms with E-state index in [0.717, 1.165) is 13.1 Å². The van der Waals surface area contributed by atoms with Gasteiger partial charge in [-0.2, -0.15) is 0 Å². The van der Waals surface area contributed by atoms with E-state index >= 15 is 0 Å². The molecule has 1 aliphatic heterocycles. The molecule has 0 radical (unpaired) electrons. The van der Waals surface area contributed by atoms with E-state index < -0.39 is 0 Å². The van der Waals surface area contributed by atoms with Gasteiger partial charge in [-0.1, -0.05) is 18.9 Å². The second-order valence-corrected chi connectivity index (χ2v) is 5.80. The normalized spacial score (nSPS) is 20.3. The third-order valence-electron chi connectivity index (χ3n) is 3.38. The SMILES string of the molecule is CC1(C)CCCN(c2nnc(CCCl)o2)CC1. The van der Waals surface area contributed by atoms with Gasteiger partial charge in [-0.25, -0.2) is 0 Å². The molecular weight excluding hydrogens is 238 g/mol. The van der Waals surface area contributed by atoms with Crippen molar-refractivity contribution >= 4 is 17.6 Å². The Labute approximate surface area is 107 Å². The average molecular weight is 258 g/mol. The lowest BCUT2D eigenvalue weighted by molar-refractivity contribution is 0.324. The largest absolute Gasteiger partial charge is 0.408 e. The molecule has 96 valence electrons. The van der Waals surface area contributed by atoms with Crippen LogP contribution in [0.5, 0.6) is 0 Å². The molecule has 5 heteroatoms. The van der Waals surface area contributed by atoms with Crippen LogP contribution in [0.1, 0.15) is 39.0 Å². The molecule has 0 saturated carbocycles. The van der Waals surface area contributed by atoms with E-state index in [1.165, 1.54) is 19.3 Å². The van der Waals surface area contributed by atoms with Crippen molar-refractivity contribution in [2.24, 2.45) is 5.41 Å². The molecule has 0 amide bonds. The molecule has 17 heavy (non-hydrogen) atoms. The van der Waals surface area contributed by atoms with Crippen LogP contribution in [-0.4, -0.2) is 29.2 Å². The second-order valence-electron chi connectivity index (χ2n) is 5.42. The summed E-state index contributed by atoms with van der Waals surface area (Å²) in [5.74, 6) is 1.16. The standard InChI is InChI=1S/C12H20ClN3O/c1-12(2)5-3-8-16(9-6-12)11-15-14-10(17-11)4-7-13/h3-9H2,1-2H3. The number of anilines is 1. The Bertz CT molecular complexity index is 364. The van der Waals surface area contributed by atoms with Gasteiger partial charge in [0.1, 0.15) is 0 Å². The number of hydrogen-bond acceptors (Lipinski definition) is 4. The Morgan fingerprint density at radius 2 is 2.12 bits per heavy atom. The molecule has 1 aromatic heterocycles. The second kappa shape index (κ2) is 5.25. The maximum Gasteiger partial charge on any atom is 0.318 e. The minimum Gasteiger partial charge on any atom is -0.408 e. The van der Waals surface area contributed by atoms with Crippen LogP contribution >= 0.6 is 11.6 Å². The van der Waals surface area contributed by atoms with Crippen molar-refractivity contribution in [1.82, 2.24) is 10.2 Å². The Morgan fingerprint density at radius 3 is 2.88 bits per heavy atom. The number of hydrogen-bond donors (Lipinski definition) is 0. The third kappa shape index (κ3) is 3.35. The lowest BCUT2D eigenvalue weighted by atomic mass is 9.85. The first-order valence-electron chi connectivity index (χ1n) is 6.24. The van der Waals surface area contributed by atoms with Gasteiger partial charge in [-0.15, -0.1) is 16.7 Å². The molecule has 1 aliphatic rings. The first-order valence-corrected chi connectivity index (χ1v) is 6.77. The van der Waals surface area contributed by atoms with Crippen LogP contribution < -0.4 is 4.90 Å². The lowest BCUT2D eigenvalue weighted by Crippen LogP contribution is -2.25. The Balaban J connectivity index is 2.01. The van der Waals surface area contributed by atoms with Crippen molar-refractivity contribution in [2.75, 3.05) is 23.9 Å². The highest BCUT2D eigenvalue weighted by Crippen LogP contribution is 2.31. The molecule has 0 aliphatic carbocycles. The first-order chi connectivity index (χ1) is 8.11. The van der Waals surface area contributed by atoms with Gasteiger partial charge in [0.05, 0.1) is 0 Å². The van der Waals surface area contributed by atoms with Crippen LogP contribution in [0, 0.1) is 5.41 Å². The summed E-state index contributed by atoms with van der Waals surface area (Å²) in [6, 6.07) is 0.655. The molecular formula is C12H20ClN3O. The third-order valence-corrected chi connectivity index (χ3v) is 3.56. The van der Waals surface area contributed by atoms with Crippen molar-refractivity contribution < 1.29 is 4.42 Å². The Kier molecular flexibility index (Phi) is 3.92. The lowest BCUT2D eigenvalue weighted by Gasteiger charge is -2.22. The predicted molar refractivity (Wildman–Crippen MR) is 68.6 cm³/mol. The number of halogens is 1. The number of aromatic nitrogens is 2. The summed E-state index contributed by atoms with van der Waals surface area (Å²) in [5, 5.41) is 8.10. The van der Waals surface area contributed by atoms with Gasteiger partial charge < -0.3 is 9.32 Å². The summed E-state index contributed by atoms with van der Waals surface area (Å²) < 4.78 is 5.61. The van der Waals surface area contributed by atoms with Crippen LogP contribution in [0.2, 0.25) is 0 Å². The van der Waals surface area contributed by atoms with Gasteiger partial charge in [0.25, 0.3) is 0 Å². The number of rotatable bonds is 3. The van der Waals surface area contributed by atoms with E-state index in [-0.39, 0.29) is 0 Å². The summed E-state index contributed by atoms with van der Waals surface area (Å²) in [4.78, 5) is 2.19. The monoisotopic (exact) mass is 257 g/mol. The minimum absolute atomic E-state index is 0.424. The smallest absolute Gasteiger partial charge is 0.318 e. The molecule has 0 aromatic carbocycles. The molecule has 4 nitrogen and oxygen atoms in total. The highest BCUT2D eigenvalue weighted by atomic mass is 35.5. The van der Waals surface area contributed by atoms with E-state index in [4.69, 9.17) is 16.0 Å². The summed E-state index contributed by atoms with van der Waals surface area (Å²) in [6.07, 6.45) is 4.25. The summed E-state index contributed by atoms with van der Waals surface area (Å²) in [7, 11) is 0. The van der Waals surface area contributed by atoms with E-state index in [9.17, 15) is 0 Å². The number of nitrogens with zero attached hydrogens (tertiary/aromatic N) is 3. The van der Waals surface area contributed by atoms with Gasteiger partial charge in [-0.3, -0.25) is 0 Å². The van der Waals surface area contributed by atoms with Gasteiger partial charge >= 0.3 is 6.01 Å². The van der Waals surface area contributed by atoms with Crippen LogP contribution in [0.15, 0.2) is 4.42 Å². The molecule has 0 bridgehead atoms. The molecule has 0 atom stereocenters. The Hall–Kier alpha value is -0.770. The van der Waals surface area contributed by atoms with Crippen molar-refractivity contribution in [3.63, 3.8) is 0 Å². The number of alkyl halides is 1. The van der Waals surface area contributed by atoms with Gasteiger partial charge in [0.2, 0.25) is 5.89 Å². The zero-order valence-electron chi connectivity index (χ0n) is 10.6. The zero-order valence-corrected chi connectivity index (χ0v) is 11.3. The van der Waals surface area contributed by atoms with E-state index in [0.29, 0.717) is 29.6 Å². The Morgan fingerprint density at radius 1 is 1.29 bits per heavy atom.